The number of nitrogens with one attached hydrogen (secondary N) is 2. The molecule has 2 heterocycles. The molecule has 138 valence electrons. The number of amides is 2. The summed E-state index contributed by atoms with van der Waals surface area (Å²) in [7, 11) is 0. The topological polar surface area (TPSA) is 89.6 Å². The van der Waals surface area contributed by atoms with Crippen LogP contribution in [0.25, 0.3) is 10.2 Å². The number of nitrogens with zero attached hydrogens (tertiary/aromatic N) is 1. The van der Waals surface area contributed by atoms with Gasteiger partial charge in [-0.15, -0.1) is 11.3 Å². The highest BCUT2D eigenvalue weighted by Crippen LogP contribution is 2.30. The van der Waals surface area contributed by atoms with E-state index in [0.717, 1.165) is 15.2 Å². The van der Waals surface area contributed by atoms with E-state index in [1.807, 2.05) is 30.3 Å². The number of hydrazine groups is 1. The average molecular weight is 383 g/mol. The molecule has 0 fully saturated rings. The molecule has 0 saturated heterocycles. The molecule has 0 spiro atoms. The van der Waals surface area contributed by atoms with E-state index in [1.54, 1.807) is 29.5 Å². The van der Waals surface area contributed by atoms with E-state index in [2.05, 4.69) is 15.8 Å². The van der Waals surface area contributed by atoms with Crippen LogP contribution in [0.4, 0.5) is 0 Å². The summed E-state index contributed by atoms with van der Waals surface area (Å²) in [5.74, 6) is 0.352. The van der Waals surface area contributed by atoms with Crippen molar-refractivity contribution in [2.75, 3.05) is 6.61 Å². The molecular weight excluding hydrogens is 366 g/mol. The van der Waals surface area contributed by atoms with Gasteiger partial charge >= 0.3 is 0 Å². The number of aromatic nitrogens is 1. The van der Waals surface area contributed by atoms with Gasteiger partial charge in [0, 0.05) is 12.8 Å². The highest BCUT2D eigenvalue weighted by molar-refractivity contribution is 7.18. The molecule has 1 atom stereocenters. The van der Waals surface area contributed by atoms with Gasteiger partial charge in [-0.05, 0) is 24.3 Å². The Morgan fingerprint density at radius 2 is 1.85 bits per heavy atom. The number of ether oxygens (including phenoxy) is 2. The first kappa shape index (κ1) is 17.3. The molecule has 27 heavy (non-hydrogen) atoms. The van der Waals surface area contributed by atoms with E-state index in [-0.39, 0.29) is 18.9 Å². The molecular formula is C19H17N3O4S. The Bertz CT molecular complexity index is 955. The minimum Gasteiger partial charge on any atom is -0.485 e. The monoisotopic (exact) mass is 383 g/mol. The molecule has 2 amide bonds. The fourth-order valence-electron chi connectivity index (χ4n) is 2.67. The van der Waals surface area contributed by atoms with Crippen LogP contribution in [-0.4, -0.2) is 29.5 Å². The number of rotatable bonds is 4. The summed E-state index contributed by atoms with van der Waals surface area (Å²) in [6, 6.07) is 15.0. The Kier molecular flexibility index (Phi) is 4.88. The maximum Gasteiger partial charge on any atom is 0.283 e. The van der Waals surface area contributed by atoms with Gasteiger partial charge in [0.25, 0.3) is 5.91 Å². The van der Waals surface area contributed by atoms with E-state index in [0.29, 0.717) is 17.9 Å². The van der Waals surface area contributed by atoms with Crippen molar-refractivity contribution in [3.63, 3.8) is 0 Å². The summed E-state index contributed by atoms with van der Waals surface area (Å²) in [6.07, 6.45) is -0.0768. The standard InChI is InChI=1S/C19H17N3O4S/c23-17(9-10-18-20-12-5-1-4-8-16(12)27-18)21-22-19(24)15-11-25-13-6-2-3-7-14(13)26-15/h1-8,15H,9-11H2,(H,21,23)(H,22,24)/t15-/m1/s1. The molecule has 1 aliphatic heterocycles. The van der Waals surface area contributed by atoms with Crippen LogP contribution in [0.5, 0.6) is 11.5 Å². The summed E-state index contributed by atoms with van der Waals surface area (Å²) in [5.41, 5.74) is 5.73. The molecule has 8 heteroatoms. The van der Waals surface area contributed by atoms with Gasteiger partial charge in [-0.2, -0.15) is 0 Å². The summed E-state index contributed by atoms with van der Waals surface area (Å²) in [5, 5.41) is 0.887. The predicted molar refractivity (Wildman–Crippen MR) is 101 cm³/mol. The van der Waals surface area contributed by atoms with Gasteiger partial charge < -0.3 is 9.47 Å². The first-order valence-electron chi connectivity index (χ1n) is 8.51. The SMILES string of the molecule is O=C(CCc1nc2ccccc2s1)NNC(=O)[C@H]1COc2ccccc2O1. The van der Waals surface area contributed by atoms with E-state index in [1.165, 1.54) is 0 Å². The molecule has 0 unspecified atom stereocenters. The smallest absolute Gasteiger partial charge is 0.283 e. The zero-order valence-electron chi connectivity index (χ0n) is 14.3. The predicted octanol–water partition coefficient (Wildman–Crippen LogP) is 2.22. The van der Waals surface area contributed by atoms with Crippen molar-refractivity contribution in [2.24, 2.45) is 0 Å². The molecule has 3 aromatic rings. The molecule has 4 rings (SSSR count). The number of aryl methyl sites for hydroxylation is 1. The van der Waals surface area contributed by atoms with Crippen LogP contribution in [0.2, 0.25) is 0 Å². The lowest BCUT2D eigenvalue weighted by Crippen LogP contribution is -2.50. The quantitative estimate of drug-likeness (QED) is 0.675. The number of carbonyl (C=O) groups excluding carboxylic acids is 2. The van der Waals surface area contributed by atoms with Gasteiger partial charge in [0.1, 0.15) is 6.61 Å². The maximum atomic E-state index is 12.2. The van der Waals surface area contributed by atoms with Gasteiger partial charge in [-0.1, -0.05) is 24.3 Å². The number of benzene rings is 2. The lowest BCUT2D eigenvalue weighted by Gasteiger charge is -2.25. The molecule has 0 saturated carbocycles. The van der Waals surface area contributed by atoms with Crippen LogP contribution in [0, 0.1) is 0 Å². The van der Waals surface area contributed by atoms with Crippen molar-refractivity contribution in [3.05, 3.63) is 53.5 Å². The summed E-state index contributed by atoms with van der Waals surface area (Å²) < 4.78 is 12.2. The lowest BCUT2D eigenvalue weighted by molar-refractivity contribution is -0.135. The van der Waals surface area contributed by atoms with Gasteiger partial charge in [0.05, 0.1) is 15.2 Å². The highest BCUT2D eigenvalue weighted by atomic mass is 32.1. The van der Waals surface area contributed by atoms with Crippen molar-refractivity contribution in [3.8, 4) is 11.5 Å². The number of hydrogen-bond acceptors (Lipinski definition) is 6. The Morgan fingerprint density at radius 1 is 1.07 bits per heavy atom. The Labute approximate surface area is 159 Å². The second-order valence-electron chi connectivity index (χ2n) is 5.98. The van der Waals surface area contributed by atoms with Gasteiger partial charge in [0.2, 0.25) is 12.0 Å². The highest BCUT2D eigenvalue weighted by Gasteiger charge is 2.27. The lowest BCUT2D eigenvalue weighted by atomic mass is 10.2. The summed E-state index contributed by atoms with van der Waals surface area (Å²) in [6.45, 7) is 0.0877. The number of para-hydroxylation sites is 3. The first-order chi connectivity index (χ1) is 13.2. The zero-order chi connectivity index (χ0) is 18.6. The van der Waals surface area contributed by atoms with Crippen molar-refractivity contribution < 1.29 is 19.1 Å². The third-order valence-corrected chi connectivity index (χ3v) is 5.13. The van der Waals surface area contributed by atoms with Crippen molar-refractivity contribution in [1.82, 2.24) is 15.8 Å². The molecule has 0 radical (unpaired) electrons. The fraction of sp³-hybridized carbons (Fsp3) is 0.211. The van der Waals surface area contributed by atoms with E-state index in [9.17, 15) is 9.59 Å². The first-order valence-corrected chi connectivity index (χ1v) is 9.32. The average Bonchev–Trinajstić information content (AvgIpc) is 3.13. The molecule has 1 aromatic heterocycles. The Morgan fingerprint density at radius 3 is 2.70 bits per heavy atom. The van der Waals surface area contributed by atoms with Gasteiger partial charge in [-0.3, -0.25) is 20.4 Å². The van der Waals surface area contributed by atoms with Gasteiger partial charge in [0.15, 0.2) is 11.5 Å². The minimum atomic E-state index is -0.815. The van der Waals surface area contributed by atoms with Crippen LogP contribution < -0.4 is 20.3 Å². The maximum absolute atomic E-state index is 12.2. The molecule has 1 aliphatic rings. The number of thiazole rings is 1. The van der Waals surface area contributed by atoms with Crippen molar-refractivity contribution in [2.45, 2.75) is 18.9 Å². The molecule has 2 aromatic carbocycles. The van der Waals surface area contributed by atoms with E-state index >= 15 is 0 Å². The van der Waals surface area contributed by atoms with Crippen LogP contribution in [0.1, 0.15) is 11.4 Å². The van der Waals surface area contributed by atoms with Crippen molar-refractivity contribution in [1.29, 1.82) is 0 Å². The van der Waals surface area contributed by atoms with E-state index < -0.39 is 12.0 Å². The van der Waals surface area contributed by atoms with Crippen LogP contribution in [0.3, 0.4) is 0 Å². The molecule has 2 N–H and O–H groups in total. The number of fused-ring (bicyclic) bond motifs is 2. The largest absolute Gasteiger partial charge is 0.485 e. The van der Waals surface area contributed by atoms with Crippen molar-refractivity contribution >= 4 is 33.4 Å². The molecule has 0 aliphatic carbocycles. The number of carbonyl (C=O) groups is 2. The van der Waals surface area contributed by atoms with Crippen LogP contribution in [0.15, 0.2) is 48.5 Å². The zero-order valence-corrected chi connectivity index (χ0v) is 15.1. The normalized spacial score (nSPS) is 15.3. The second kappa shape index (κ2) is 7.63. The minimum absolute atomic E-state index is 0.0877. The Hall–Kier alpha value is -3.13. The van der Waals surface area contributed by atoms with Crippen LogP contribution >= 0.6 is 11.3 Å². The van der Waals surface area contributed by atoms with Crippen LogP contribution in [-0.2, 0) is 16.0 Å². The second-order valence-corrected chi connectivity index (χ2v) is 7.09. The third-order valence-electron chi connectivity index (χ3n) is 4.03. The summed E-state index contributed by atoms with van der Waals surface area (Å²) in [4.78, 5) is 28.6. The van der Waals surface area contributed by atoms with E-state index in [4.69, 9.17) is 9.47 Å². The molecule has 0 bridgehead atoms. The molecule has 7 nitrogen and oxygen atoms in total. The Balaban J connectivity index is 1.25. The van der Waals surface area contributed by atoms with Gasteiger partial charge in [-0.25, -0.2) is 4.98 Å². The number of hydrogen-bond donors (Lipinski definition) is 2. The fourth-order valence-corrected chi connectivity index (χ4v) is 3.64. The summed E-state index contributed by atoms with van der Waals surface area (Å²) >= 11 is 1.56. The third kappa shape index (κ3) is 4.01.